The molecule has 2 N–H and O–H groups in total. The van der Waals surface area contributed by atoms with Gasteiger partial charge in [-0.2, -0.15) is 0 Å². The third-order valence-electron chi connectivity index (χ3n) is 6.15. The molecule has 194 valence electrons. The number of benzene rings is 1. The van der Waals surface area contributed by atoms with Gasteiger partial charge in [0.2, 0.25) is 0 Å². The first-order valence-corrected chi connectivity index (χ1v) is 15.4. The molecular weight excluding hydrogens is 486 g/mol. The lowest BCUT2D eigenvalue weighted by atomic mass is 10.1. The Morgan fingerprint density at radius 3 is 2.46 bits per heavy atom. The number of likely N-dealkylation sites (tertiary alicyclic amines) is 1. The third-order valence-corrected chi connectivity index (χ3v) is 11.6. The van der Waals surface area contributed by atoms with Crippen molar-refractivity contribution in [3.05, 3.63) is 18.2 Å². The maximum Gasteiger partial charge on any atom is 0.407 e. The fraction of sp³-hybridized carbons (Fsp3) is 0.625. The Bertz CT molecular complexity index is 1070. The molecule has 1 saturated heterocycles. The van der Waals surface area contributed by atoms with E-state index in [0.717, 1.165) is 15.3 Å². The zero-order chi connectivity index (χ0) is 26.2. The molecule has 0 spiro atoms. The highest BCUT2D eigenvalue weighted by atomic mass is 32.1. The van der Waals surface area contributed by atoms with Gasteiger partial charge in [0.25, 0.3) is 0 Å². The summed E-state index contributed by atoms with van der Waals surface area (Å²) in [7, 11) is -2.25. The predicted molar refractivity (Wildman–Crippen MR) is 140 cm³/mol. The summed E-state index contributed by atoms with van der Waals surface area (Å²) in [6, 6.07) is 5.64. The molecule has 1 unspecified atom stereocenters. The van der Waals surface area contributed by atoms with E-state index in [4.69, 9.17) is 19.0 Å². The van der Waals surface area contributed by atoms with Crippen LogP contribution in [0.2, 0.25) is 18.1 Å². The summed E-state index contributed by atoms with van der Waals surface area (Å²) in [4.78, 5) is 29.8. The van der Waals surface area contributed by atoms with Gasteiger partial charge in [-0.25, -0.2) is 14.6 Å². The Morgan fingerprint density at radius 2 is 1.89 bits per heavy atom. The Kier molecular flexibility index (Phi) is 7.73. The van der Waals surface area contributed by atoms with E-state index in [1.54, 1.807) is 0 Å². The lowest BCUT2D eigenvalue weighted by Gasteiger charge is -2.38. The van der Waals surface area contributed by atoms with Gasteiger partial charge in [0.15, 0.2) is 19.6 Å². The molecule has 0 radical (unpaired) electrons. The molecule has 2 aromatic rings. The number of amides is 1. The van der Waals surface area contributed by atoms with Crippen molar-refractivity contribution >= 4 is 47.1 Å². The van der Waals surface area contributed by atoms with Crippen molar-refractivity contribution in [2.45, 2.75) is 77.4 Å². The van der Waals surface area contributed by atoms with Crippen LogP contribution in [-0.2, 0) is 14.0 Å². The summed E-state index contributed by atoms with van der Waals surface area (Å²) < 4.78 is 18.9. The van der Waals surface area contributed by atoms with Crippen LogP contribution in [0.1, 0.15) is 41.5 Å². The molecule has 2 heterocycles. The Morgan fingerprint density at radius 1 is 1.23 bits per heavy atom. The standard InChI is InChI=1S/C24H37N3O6SSi/c1-23(2,3)32-20(28)18(33-35(7,8)24(4,5)6)14-31-16-9-10-17-19(11-16)34-21(26-17)25-15-12-27(13-15)22(29)30/h9-11,15,18H,12-14H2,1-8H3,(H,25,26)(H,29,30). The van der Waals surface area contributed by atoms with Crippen molar-refractivity contribution in [1.82, 2.24) is 9.88 Å². The number of ether oxygens (including phenoxy) is 2. The van der Waals surface area contributed by atoms with Crippen LogP contribution in [0.15, 0.2) is 18.2 Å². The fourth-order valence-corrected chi connectivity index (χ4v) is 5.38. The van der Waals surface area contributed by atoms with Gasteiger partial charge in [0.1, 0.15) is 18.0 Å². The molecular formula is C24H37N3O6SSi. The maximum atomic E-state index is 12.9. The Hall–Kier alpha value is -2.37. The summed E-state index contributed by atoms with van der Waals surface area (Å²) in [6.07, 6.45) is -1.74. The molecule has 1 amide bonds. The summed E-state index contributed by atoms with van der Waals surface area (Å²) in [6.45, 7) is 17.0. The predicted octanol–water partition coefficient (Wildman–Crippen LogP) is 5.18. The number of nitrogens with one attached hydrogen (secondary N) is 1. The van der Waals surface area contributed by atoms with Gasteiger partial charge in [0, 0.05) is 13.1 Å². The Labute approximate surface area is 211 Å². The van der Waals surface area contributed by atoms with E-state index < -0.39 is 32.1 Å². The number of hydrogen-bond donors (Lipinski definition) is 2. The average Bonchev–Trinajstić information content (AvgIpc) is 3.06. The number of carbonyl (C=O) groups is 2. The van der Waals surface area contributed by atoms with Gasteiger partial charge >= 0.3 is 12.1 Å². The molecule has 1 aromatic heterocycles. The van der Waals surface area contributed by atoms with Crippen molar-refractivity contribution in [1.29, 1.82) is 0 Å². The first kappa shape index (κ1) is 27.2. The van der Waals surface area contributed by atoms with E-state index in [1.807, 2.05) is 39.0 Å². The zero-order valence-corrected chi connectivity index (χ0v) is 23.6. The number of esters is 1. The van der Waals surface area contributed by atoms with Crippen LogP contribution in [0.3, 0.4) is 0 Å². The van der Waals surface area contributed by atoms with Crippen molar-refractivity contribution in [2.24, 2.45) is 0 Å². The number of anilines is 1. The summed E-state index contributed by atoms with van der Waals surface area (Å²) in [5.41, 5.74) is 0.194. The maximum absolute atomic E-state index is 12.9. The van der Waals surface area contributed by atoms with Crippen molar-refractivity contribution in [3.63, 3.8) is 0 Å². The highest BCUT2D eigenvalue weighted by molar-refractivity contribution is 7.22. The topological polar surface area (TPSA) is 110 Å². The number of aromatic nitrogens is 1. The van der Waals surface area contributed by atoms with Gasteiger partial charge in [-0.1, -0.05) is 32.1 Å². The second-order valence-corrected chi connectivity index (χ2v) is 17.2. The SMILES string of the molecule is CC(C)(C)OC(=O)C(COc1ccc2nc(NC3CN(C(=O)O)C3)sc2c1)O[Si](C)(C)C(C)(C)C. The highest BCUT2D eigenvalue weighted by Crippen LogP contribution is 2.38. The lowest BCUT2D eigenvalue weighted by Crippen LogP contribution is -2.56. The van der Waals surface area contributed by atoms with Crippen molar-refractivity contribution in [3.8, 4) is 5.75 Å². The van der Waals surface area contributed by atoms with E-state index in [-0.39, 0.29) is 17.7 Å². The second-order valence-electron chi connectivity index (χ2n) is 11.4. The number of thiazole rings is 1. The largest absolute Gasteiger partial charge is 0.490 e. The van der Waals surface area contributed by atoms with E-state index in [1.165, 1.54) is 16.2 Å². The fourth-order valence-electron chi connectivity index (χ4n) is 3.18. The molecule has 9 nitrogen and oxygen atoms in total. The number of fused-ring (bicyclic) bond motifs is 1. The number of rotatable bonds is 8. The second kappa shape index (κ2) is 9.94. The monoisotopic (exact) mass is 523 g/mol. The molecule has 35 heavy (non-hydrogen) atoms. The van der Waals surface area contributed by atoms with Crippen LogP contribution < -0.4 is 10.1 Å². The van der Waals surface area contributed by atoms with Crippen molar-refractivity contribution < 1.29 is 28.6 Å². The summed E-state index contributed by atoms with van der Waals surface area (Å²) >= 11 is 1.48. The Balaban J connectivity index is 1.68. The van der Waals surface area contributed by atoms with Gasteiger partial charge in [0.05, 0.1) is 16.3 Å². The van der Waals surface area contributed by atoms with Crippen molar-refractivity contribution in [2.75, 3.05) is 25.0 Å². The lowest BCUT2D eigenvalue weighted by molar-refractivity contribution is -0.165. The molecule has 0 aliphatic carbocycles. The van der Waals surface area contributed by atoms with Gasteiger partial charge in [-0.3, -0.25) is 0 Å². The van der Waals surface area contributed by atoms with E-state index >= 15 is 0 Å². The molecule has 1 aliphatic heterocycles. The normalized spacial score (nSPS) is 16.1. The molecule has 1 aromatic carbocycles. The third kappa shape index (κ3) is 7.08. The summed E-state index contributed by atoms with van der Waals surface area (Å²) in [5.74, 6) is 0.185. The quantitative estimate of drug-likeness (QED) is 0.360. The van der Waals surface area contributed by atoms with E-state index in [0.29, 0.717) is 18.8 Å². The zero-order valence-electron chi connectivity index (χ0n) is 21.8. The van der Waals surface area contributed by atoms with Crippen LogP contribution in [0.25, 0.3) is 10.2 Å². The molecule has 11 heteroatoms. The molecule has 0 bridgehead atoms. The molecule has 1 aliphatic rings. The number of carboxylic acid groups (broad SMARTS) is 1. The van der Waals surface area contributed by atoms with Crippen LogP contribution in [-0.4, -0.2) is 72.8 Å². The van der Waals surface area contributed by atoms with Crippen LogP contribution in [0.5, 0.6) is 5.75 Å². The highest BCUT2D eigenvalue weighted by Gasteiger charge is 2.42. The van der Waals surface area contributed by atoms with Crippen LogP contribution in [0.4, 0.5) is 9.93 Å². The summed E-state index contributed by atoms with van der Waals surface area (Å²) in [5, 5.41) is 12.9. The van der Waals surface area contributed by atoms with E-state index in [2.05, 4.69) is 44.2 Å². The average molecular weight is 524 g/mol. The minimum absolute atomic E-state index is 0.0456. The number of carbonyl (C=O) groups excluding carboxylic acids is 1. The first-order chi connectivity index (χ1) is 16.0. The van der Waals surface area contributed by atoms with Gasteiger partial charge < -0.3 is 29.2 Å². The van der Waals surface area contributed by atoms with E-state index in [9.17, 15) is 9.59 Å². The van der Waals surface area contributed by atoms with Gasteiger partial charge in [-0.05, 0) is 57.1 Å². The minimum atomic E-state index is -2.25. The minimum Gasteiger partial charge on any atom is -0.490 e. The van der Waals surface area contributed by atoms with Gasteiger partial charge in [-0.15, -0.1) is 0 Å². The van der Waals surface area contributed by atoms with Crippen LogP contribution >= 0.6 is 11.3 Å². The molecule has 3 rings (SSSR count). The smallest absolute Gasteiger partial charge is 0.407 e. The molecule has 1 fully saturated rings. The molecule has 0 saturated carbocycles. The van der Waals surface area contributed by atoms with Crippen LogP contribution in [0, 0.1) is 0 Å². The molecule has 1 atom stereocenters. The number of hydrogen-bond acceptors (Lipinski definition) is 8. The first-order valence-electron chi connectivity index (χ1n) is 11.7. The number of nitrogens with zero attached hydrogens (tertiary/aromatic N) is 2.